The third-order valence-electron chi connectivity index (χ3n) is 7.21. The summed E-state index contributed by atoms with van der Waals surface area (Å²) >= 11 is 0. The highest BCUT2D eigenvalue weighted by atomic mass is 19.4. The molecule has 0 atom stereocenters. The van der Waals surface area contributed by atoms with Gasteiger partial charge in [-0.25, -0.2) is 0 Å². The number of aliphatic hydroxyl groups excluding tert-OH is 1. The molecule has 0 saturated heterocycles. The van der Waals surface area contributed by atoms with Crippen LogP contribution < -0.4 is 10.1 Å². The third kappa shape index (κ3) is 9.34. The van der Waals surface area contributed by atoms with Crippen molar-refractivity contribution < 1.29 is 41.0 Å². The Bertz CT molecular complexity index is 1490. The molecule has 0 spiro atoms. The van der Waals surface area contributed by atoms with E-state index in [1.54, 1.807) is 0 Å². The fourth-order valence-electron chi connectivity index (χ4n) is 4.97. The van der Waals surface area contributed by atoms with E-state index in [1.807, 2.05) is 18.2 Å². The maximum Gasteiger partial charge on any atom is 0.416 e. The van der Waals surface area contributed by atoms with Crippen molar-refractivity contribution in [3.05, 3.63) is 113 Å². The molecule has 4 rings (SSSR count). The number of hydrogen-bond donors (Lipinski definition) is 2. The monoisotopic (exact) mass is 629 g/mol. The lowest BCUT2D eigenvalue weighted by atomic mass is 9.92. The van der Waals surface area contributed by atoms with Crippen molar-refractivity contribution in [1.82, 2.24) is 5.32 Å². The number of benzene rings is 4. The van der Waals surface area contributed by atoms with Gasteiger partial charge in [0.1, 0.15) is 12.4 Å². The minimum atomic E-state index is -4.66. The second-order valence-electron chi connectivity index (χ2n) is 10.5. The Morgan fingerprint density at radius 3 is 1.78 bits per heavy atom. The summed E-state index contributed by atoms with van der Waals surface area (Å²) in [5.41, 5.74) is -0.392. The first kappa shape index (κ1) is 33.6. The molecular formula is C35H33F6NO3. The summed E-state index contributed by atoms with van der Waals surface area (Å²) in [6, 6.07) is 21.5. The van der Waals surface area contributed by atoms with Crippen LogP contribution in [0.4, 0.5) is 26.3 Å². The second-order valence-corrected chi connectivity index (χ2v) is 10.5. The number of unbranched alkanes of at least 4 members (excludes halogenated alkanes) is 3. The lowest BCUT2D eigenvalue weighted by Crippen LogP contribution is -2.24. The van der Waals surface area contributed by atoms with Crippen LogP contribution in [-0.4, -0.2) is 30.8 Å². The Hall–Kier alpha value is -4.31. The van der Waals surface area contributed by atoms with Crippen LogP contribution in [0.2, 0.25) is 0 Å². The maximum atomic E-state index is 13.6. The van der Waals surface area contributed by atoms with Gasteiger partial charge in [-0.15, -0.1) is 0 Å². The summed E-state index contributed by atoms with van der Waals surface area (Å²) in [4.78, 5) is 13.3. The Labute approximate surface area is 257 Å². The highest BCUT2D eigenvalue weighted by Gasteiger charge is 2.32. The van der Waals surface area contributed by atoms with E-state index in [-0.39, 0.29) is 40.2 Å². The highest BCUT2D eigenvalue weighted by Crippen LogP contribution is 2.43. The standard InChI is InChI=1S/C35H33F6NO3/c36-34(37,38)28-15-8-13-25(20-28)30-22-27(33(44)42-17-7-2-1-4-10-24-11-5-3-6-12-24)23-31(32(30)45-19-18-43)26-14-9-16-29(21-26)35(39,40)41/h3,5-6,8-9,11-16,20-23,43H,1-2,4,7,10,17-19H2,(H,42,44). The number of carbonyl (C=O) groups is 1. The molecule has 4 aromatic rings. The van der Waals surface area contributed by atoms with Gasteiger partial charge in [0.2, 0.25) is 0 Å². The summed E-state index contributed by atoms with van der Waals surface area (Å²) in [6.07, 6.45) is -4.86. The van der Waals surface area contributed by atoms with Gasteiger partial charge in [0.15, 0.2) is 0 Å². The number of nitrogens with one attached hydrogen (secondary N) is 1. The van der Waals surface area contributed by atoms with Gasteiger partial charge in [-0.3, -0.25) is 4.79 Å². The van der Waals surface area contributed by atoms with Crippen molar-refractivity contribution in [2.45, 2.75) is 44.5 Å². The summed E-state index contributed by atoms with van der Waals surface area (Å²) < 4.78 is 87.3. The van der Waals surface area contributed by atoms with Crippen LogP contribution in [0.25, 0.3) is 22.3 Å². The van der Waals surface area contributed by atoms with Crippen molar-refractivity contribution >= 4 is 5.91 Å². The second kappa shape index (κ2) is 15.1. The SMILES string of the molecule is O=C(NCCCCCCc1ccccc1)c1cc(-c2cccc(C(F)(F)F)c2)c(OCCO)c(-c2cccc(C(F)(F)F)c2)c1. The van der Waals surface area contributed by atoms with Crippen LogP contribution in [0.3, 0.4) is 0 Å². The van der Waals surface area contributed by atoms with E-state index >= 15 is 0 Å². The van der Waals surface area contributed by atoms with E-state index in [0.29, 0.717) is 13.0 Å². The molecule has 0 aliphatic carbocycles. The fraction of sp³-hybridized carbons (Fsp3) is 0.286. The average Bonchev–Trinajstić information content (AvgIpc) is 3.02. The Morgan fingerprint density at radius 1 is 0.689 bits per heavy atom. The quantitative estimate of drug-likeness (QED) is 0.115. The first-order chi connectivity index (χ1) is 21.5. The fourth-order valence-corrected chi connectivity index (χ4v) is 4.97. The Kier molecular flexibility index (Phi) is 11.3. The van der Waals surface area contributed by atoms with Gasteiger partial charge >= 0.3 is 12.4 Å². The van der Waals surface area contributed by atoms with E-state index in [2.05, 4.69) is 17.4 Å². The van der Waals surface area contributed by atoms with Gasteiger partial charge in [-0.05, 0) is 72.4 Å². The summed E-state index contributed by atoms with van der Waals surface area (Å²) in [5.74, 6) is -0.591. The molecule has 0 heterocycles. The zero-order chi connectivity index (χ0) is 32.5. The molecule has 10 heteroatoms. The zero-order valence-electron chi connectivity index (χ0n) is 24.3. The first-order valence-electron chi connectivity index (χ1n) is 14.6. The van der Waals surface area contributed by atoms with Crippen LogP contribution in [0, 0.1) is 0 Å². The predicted molar refractivity (Wildman–Crippen MR) is 161 cm³/mol. The average molecular weight is 630 g/mol. The highest BCUT2D eigenvalue weighted by molar-refractivity contribution is 5.99. The predicted octanol–water partition coefficient (Wildman–Crippen LogP) is 8.96. The van der Waals surface area contributed by atoms with Crippen molar-refractivity contribution in [2.24, 2.45) is 0 Å². The molecule has 0 radical (unpaired) electrons. The molecule has 2 N–H and O–H groups in total. The smallest absolute Gasteiger partial charge is 0.416 e. The van der Waals surface area contributed by atoms with E-state index in [9.17, 15) is 36.2 Å². The number of aryl methyl sites for hydroxylation is 1. The molecule has 4 nitrogen and oxygen atoms in total. The molecule has 0 fully saturated rings. The number of amides is 1. The molecule has 0 unspecified atom stereocenters. The summed E-state index contributed by atoms with van der Waals surface area (Å²) in [6.45, 7) is -0.407. The number of ether oxygens (including phenoxy) is 1. The number of aliphatic hydroxyl groups is 1. The summed E-state index contributed by atoms with van der Waals surface area (Å²) in [5, 5.41) is 12.3. The van der Waals surface area contributed by atoms with E-state index in [4.69, 9.17) is 4.74 Å². The number of rotatable bonds is 13. The van der Waals surface area contributed by atoms with Gasteiger partial charge in [0, 0.05) is 23.2 Å². The summed E-state index contributed by atoms with van der Waals surface area (Å²) in [7, 11) is 0. The van der Waals surface area contributed by atoms with Gasteiger partial charge in [-0.1, -0.05) is 67.4 Å². The number of alkyl halides is 6. The van der Waals surface area contributed by atoms with Crippen LogP contribution in [-0.2, 0) is 18.8 Å². The van der Waals surface area contributed by atoms with Crippen LogP contribution >= 0.6 is 0 Å². The number of carbonyl (C=O) groups excluding carboxylic acids is 1. The van der Waals surface area contributed by atoms with Gasteiger partial charge in [0.05, 0.1) is 17.7 Å². The molecule has 45 heavy (non-hydrogen) atoms. The topological polar surface area (TPSA) is 58.6 Å². The van der Waals surface area contributed by atoms with Crippen LogP contribution in [0.1, 0.15) is 52.7 Å². The lowest BCUT2D eigenvalue weighted by molar-refractivity contribution is -0.138. The molecule has 4 aromatic carbocycles. The van der Waals surface area contributed by atoms with Crippen molar-refractivity contribution in [1.29, 1.82) is 0 Å². The molecule has 0 aliphatic rings. The van der Waals surface area contributed by atoms with E-state index in [0.717, 1.165) is 49.9 Å². The number of halogens is 6. The molecule has 0 aromatic heterocycles. The Morgan fingerprint density at radius 2 is 1.24 bits per heavy atom. The normalized spacial score (nSPS) is 11.8. The minimum Gasteiger partial charge on any atom is -0.490 e. The van der Waals surface area contributed by atoms with Gasteiger partial charge < -0.3 is 15.2 Å². The van der Waals surface area contributed by atoms with Crippen LogP contribution in [0.15, 0.2) is 91.0 Å². The maximum absolute atomic E-state index is 13.6. The van der Waals surface area contributed by atoms with Gasteiger partial charge in [-0.2, -0.15) is 26.3 Å². The first-order valence-corrected chi connectivity index (χ1v) is 14.6. The molecule has 0 saturated carbocycles. The molecule has 0 bridgehead atoms. The molecular weight excluding hydrogens is 596 g/mol. The molecule has 1 amide bonds. The van der Waals surface area contributed by atoms with Crippen molar-refractivity contribution in [3.63, 3.8) is 0 Å². The largest absolute Gasteiger partial charge is 0.490 e. The van der Waals surface area contributed by atoms with E-state index in [1.165, 1.54) is 42.0 Å². The molecule has 0 aliphatic heterocycles. The third-order valence-corrected chi connectivity index (χ3v) is 7.21. The van der Waals surface area contributed by atoms with Crippen molar-refractivity contribution in [2.75, 3.05) is 19.8 Å². The minimum absolute atomic E-state index is 0.0373. The zero-order valence-corrected chi connectivity index (χ0v) is 24.3. The number of hydrogen-bond acceptors (Lipinski definition) is 3. The Balaban J connectivity index is 1.64. The van der Waals surface area contributed by atoms with Crippen LogP contribution in [0.5, 0.6) is 5.75 Å². The van der Waals surface area contributed by atoms with Gasteiger partial charge in [0.25, 0.3) is 5.91 Å². The molecule has 238 valence electrons. The van der Waals surface area contributed by atoms with Crippen molar-refractivity contribution in [3.8, 4) is 28.0 Å². The lowest BCUT2D eigenvalue weighted by Gasteiger charge is -2.19. The van der Waals surface area contributed by atoms with E-state index < -0.39 is 36.0 Å².